The molecule has 128 valence electrons. The number of thiazole rings is 1. The second-order valence-electron chi connectivity index (χ2n) is 5.76. The van der Waals surface area contributed by atoms with E-state index in [2.05, 4.69) is 18.2 Å². The molecule has 2 N–H and O–H groups in total. The molecule has 23 heavy (non-hydrogen) atoms. The van der Waals surface area contributed by atoms with E-state index < -0.39 is 0 Å². The van der Waals surface area contributed by atoms with Gasteiger partial charge in [-0.25, -0.2) is 4.98 Å². The van der Waals surface area contributed by atoms with E-state index in [1.807, 2.05) is 17.9 Å². The molecule has 1 saturated heterocycles. The summed E-state index contributed by atoms with van der Waals surface area (Å²) in [6, 6.07) is 8.27. The average Bonchev–Trinajstić information content (AvgIpc) is 2.97. The third-order valence-corrected chi connectivity index (χ3v) is 5.44. The number of piperidine rings is 1. The van der Waals surface area contributed by atoms with Crippen LogP contribution in [0.25, 0.3) is 10.2 Å². The number of carbonyl (C=O) groups excluding carboxylic acids is 1. The molecular weight excluding hydrogens is 353 g/mol. The molecule has 2 aromatic rings. The van der Waals surface area contributed by atoms with E-state index >= 15 is 0 Å². The van der Waals surface area contributed by atoms with Crippen LogP contribution in [0.5, 0.6) is 0 Å². The molecule has 0 radical (unpaired) electrons. The Kier molecular flexibility index (Phi) is 7.74. The molecular formula is C16H23Cl2N3OS. The number of rotatable bonds is 3. The molecule has 1 aromatic heterocycles. The minimum atomic E-state index is -0.0657. The van der Waals surface area contributed by atoms with Crippen LogP contribution in [0.15, 0.2) is 24.3 Å². The van der Waals surface area contributed by atoms with Crippen LogP contribution in [-0.2, 0) is 4.79 Å². The lowest BCUT2D eigenvalue weighted by Crippen LogP contribution is -2.42. The Morgan fingerprint density at radius 1 is 1.35 bits per heavy atom. The van der Waals surface area contributed by atoms with Crippen molar-refractivity contribution in [2.24, 2.45) is 11.7 Å². The zero-order valence-corrected chi connectivity index (χ0v) is 15.6. The molecule has 1 amide bonds. The van der Waals surface area contributed by atoms with E-state index in [-0.39, 0.29) is 36.6 Å². The van der Waals surface area contributed by atoms with Crippen molar-refractivity contribution >= 4 is 52.3 Å². The number of hydrogen-bond acceptors (Lipinski definition) is 4. The van der Waals surface area contributed by atoms with E-state index in [4.69, 9.17) is 10.7 Å². The normalized spacial score (nSPS) is 16.5. The molecule has 7 heteroatoms. The van der Waals surface area contributed by atoms with Crippen LogP contribution >= 0.6 is 36.2 Å². The predicted octanol–water partition coefficient (Wildman–Crippen LogP) is 3.44. The highest BCUT2D eigenvalue weighted by atomic mass is 35.5. The second-order valence-corrected chi connectivity index (χ2v) is 6.82. The molecule has 2 heterocycles. The van der Waals surface area contributed by atoms with Crippen molar-refractivity contribution in [2.45, 2.75) is 25.7 Å². The summed E-state index contributed by atoms with van der Waals surface area (Å²) in [7, 11) is 0. The molecule has 0 saturated carbocycles. The average molecular weight is 376 g/mol. The van der Waals surface area contributed by atoms with Gasteiger partial charge in [-0.3, -0.25) is 4.79 Å². The van der Waals surface area contributed by atoms with Gasteiger partial charge in [0.15, 0.2) is 0 Å². The maximum Gasteiger partial charge on any atom is 0.226 e. The van der Waals surface area contributed by atoms with Crippen LogP contribution < -0.4 is 5.73 Å². The molecule has 1 unspecified atom stereocenters. The van der Waals surface area contributed by atoms with Crippen LogP contribution in [0, 0.1) is 5.92 Å². The number of nitrogens with two attached hydrogens (primary N) is 1. The van der Waals surface area contributed by atoms with Gasteiger partial charge < -0.3 is 10.6 Å². The quantitative estimate of drug-likeness (QED) is 0.893. The number of nitrogens with zero attached hydrogens (tertiary/aromatic N) is 2. The van der Waals surface area contributed by atoms with Crippen molar-refractivity contribution in [1.82, 2.24) is 9.88 Å². The molecule has 3 rings (SSSR count). The van der Waals surface area contributed by atoms with Crippen molar-refractivity contribution in [3.05, 3.63) is 29.3 Å². The standard InChI is InChI=1S/C16H21N3OS.2ClH/c1-11(10-17)16(20)19-8-6-12(7-9-19)15-18-13-4-2-3-5-14(13)21-15;;/h2-5,11-12H,6-10,17H2,1H3;2*1H. The molecule has 1 aliphatic rings. The fourth-order valence-electron chi connectivity index (χ4n) is 2.82. The number of halogens is 2. The minimum absolute atomic E-state index is 0. The Balaban J connectivity index is 0.00000132. The monoisotopic (exact) mass is 375 g/mol. The number of amides is 1. The Morgan fingerprint density at radius 2 is 2.00 bits per heavy atom. The highest BCUT2D eigenvalue weighted by molar-refractivity contribution is 7.18. The number of para-hydroxylation sites is 1. The first-order chi connectivity index (χ1) is 10.2. The lowest BCUT2D eigenvalue weighted by molar-refractivity contribution is -0.135. The van der Waals surface area contributed by atoms with Crippen molar-refractivity contribution in [3.8, 4) is 0 Å². The fraction of sp³-hybridized carbons (Fsp3) is 0.500. The maximum absolute atomic E-state index is 12.1. The molecule has 1 aliphatic heterocycles. The first kappa shape index (κ1) is 20.2. The Morgan fingerprint density at radius 3 is 2.61 bits per heavy atom. The number of hydrogen-bond donors (Lipinski definition) is 1. The predicted molar refractivity (Wildman–Crippen MR) is 101 cm³/mol. The third kappa shape index (κ3) is 4.35. The molecule has 0 spiro atoms. The van der Waals surface area contributed by atoms with Gasteiger partial charge in [0.1, 0.15) is 0 Å². The van der Waals surface area contributed by atoms with Crippen molar-refractivity contribution in [3.63, 3.8) is 0 Å². The van der Waals surface area contributed by atoms with Gasteiger partial charge in [0.25, 0.3) is 0 Å². The largest absolute Gasteiger partial charge is 0.342 e. The number of benzene rings is 1. The van der Waals surface area contributed by atoms with Gasteiger partial charge in [-0.05, 0) is 25.0 Å². The lowest BCUT2D eigenvalue weighted by atomic mass is 9.96. The zero-order chi connectivity index (χ0) is 14.8. The van der Waals surface area contributed by atoms with Gasteiger partial charge in [0.05, 0.1) is 15.2 Å². The molecule has 0 aliphatic carbocycles. The fourth-order valence-corrected chi connectivity index (χ4v) is 3.96. The van der Waals surface area contributed by atoms with Crippen molar-refractivity contribution in [1.29, 1.82) is 0 Å². The van der Waals surface area contributed by atoms with Crippen LogP contribution in [0.3, 0.4) is 0 Å². The highest BCUT2D eigenvalue weighted by Crippen LogP contribution is 2.33. The van der Waals surface area contributed by atoms with Gasteiger partial charge >= 0.3 is 0 Å². The van der Waals surface area contributed by atoms with E-state index in [1.165, 1.54) is 9.71 Å². The molecule has 4 nitrogen and oxygen atoms in total. The smallest absolute Gasteiger partial charge is 0.226 e. The van der Waals surface area contributed by atoms with Crippen LogP contribution in [0.2, 0.25) is 0 Å². The zero-order valence-electron chi connectivity index (χ0n) is 13.1. The first-order valence-electron chi connectivity index (χ1n) is 7.53. The second kappa shape index (κ2) is 8.83. The van der Waals surface area contributed by atoms with Crippen molar-refractivity contribution in [2.75, 3.05) is 19.6 Å². The Labute approximate surface area is 153 Å². The third-order valence-electron chi connectivity index (χ3n) is 4.24. The topological polar surface area (TPSA) is 59.2 Å². The summed E-state index contributed by atoms with van der Waals surface area (Å²) >= 11 is 1.79. The van der Waals surface area contributed by atoms with E-state index in [0.717, 1.165) is 31.4 Å². The van der Waals surface area contributed by atoms with Gasteiger partial charge in [-0.15, -0.1) is 36.2 Å². The van der Waals surface area contributed by atoms with Crippen LogP contribution in [-0.4, -0.2) is 35.4 Å². The number of carbonyl (C=O) groups is 1. The van der Waals surface area contributed by atoms with Gasteiger partial charge in [-0.1, -0.05) is 19.1 Å². The van der Waals surface area contributed by atoms with Crippen LogP contribution in [0.1, 0.15) is 30.7 Å². The summed E-state index contributed by atoms with van der Waals surface area (Å²) in [6.07, 6.45) is 2.01. The van der Waals surface area contributed by atoms with E-state index in [1.54, 1.807) is 11.3 Å². The summed E-state index contributed by atoms with van der Waals surface area (Å²) in [4.78, 5) is 18.9. The van der Waals surface area contributed by atoms with Crippen LogP contribution in [0.4, 0.5) is 0 Å². The molecule has 1 atom stereocenters. The Hall–Kier alpha value is -0.880. The number of fused-ring (bicyclic) bond motifs is 1. The van der Waals surface area contributed by atoms with Gasteiger partial charge in [0, 0.05) is 31.5 Å². The molecule has 0 bridgehead atoms. The van der Waals surface area contributed by atoms with E-state index in [9.17, 15) is 4.79 Å². The summed E-state index contributed by atoms with van der Waals surface area (Å²) < 4.78 is 1.25. The summed E-state index contributed by atoms with van der Waals surface area (Å²) in [5.74, 6) is 0.615. The van der Waals surface area contributed by atoms with Crippen molar-refractivity contribution < 1.29 is 4.79 Å². The SMILES string of the molecule is CC(CN)C(=O)N1CCC(c2nc3ccccc3s2)CC1.Cl.Cl. The number of aromatic nitrogens is 1. The summed E-state index contributed by atoms with van der Waals surface area (Å²) in [5.41, 5.74) is 6.68. The maximum atomic E-state index is 12.1. The van der Waals surface area contributed by atoms with Gasteiger partial charge in [-0.2, -0.15) is 0 Å². The van der Waals surface area contributed by atoms with E-state index in [0.29, 0.717) is 12.5 Å². The minimum Gasteiger partial charge on any atom is -0.342 e. The molecule has 1 fully saturated rings. The summed E-state index contributed by atoms with van der Waals surface area (Å²) in [6.45, 7) is 3.98. The highest BCUT2D eigenvalue weighted by Gasteiger charge is 2.27. The number of likely N-dealkylation sites (tertiary alicyclic amines) is 1. The lowest BCUT2D eigenvalue weighted by Gasteiger charge is -2.32. The first-order valence-corrected chi connectivity index (χ1v) is 8.35. The summed E-state index contributed by atoms with van der Waals surface area (Å²) in [5, 5.41) is 1.22. The Bertz CT molecular complexity index is 608. The van der Waals surface area contributed by atoms with Gasteiger partial charge in [0.2, 0.25) is 5.91 Å². The molecule has 1 aromatic carbocycles.